The van der Waals surface area contributed by atoms with Gasteiger partial charge in [0.15, 0.2) is 5.69 Å². The van der Waals surface area contributed by atoms with Gasteiger partial charge >= 0.3 is 12.1 Å². The molecule has 2 atom stereocenters. The molecule has 1 saturated carbocycles. The van der Waals surface area contributed by atoms with Crippen LogP contribution in [0.3, 0.4) is 0 Å². The van der Waals surface area contributed by atoms with Gasteiger partial charge in [0.05, 0.1) is 30.1 Å². The van der Waals surface area contributed by atoms with E-state index in [1.54, 1.807) is 6.07 Å². The van der Waals surface area contributed by atoms with Gasteiger partial charge in [-0.05, 0) is 50.5 Å². The van der Waals surface area contributed by atoms with Crippen LogP contribution >= 0.6 is 11.8 Å². The molecular formula is C23H20F4N4O3S. The standard InChI is InChI=1S/C23H20F4N4O3S/c1-22(6-3-7-22)31(13-4-5-15(17(24)9-13)21(33)34-2)20-19(35-20)30(12-32)14-8-16(23(25,26)27)18(10-28)29-11-14/h4-5,8-9,11-12,19-20H,3,6-7H2,1-2H3. The number of methoxy groups -OCH3 is 1. The van der Waals surface area contributed by atoms with E-state index in [2.05, 4.69) is 9.72 Å². The monoisotopic (exact) mass is 508 g/mol. The summed E-state index contributed by atoms with van der Waals surface area (Å²) in [4.78, 5) is 30.4. The number of carbonyl (C=O) groups excluding carboxylic acids is 2. The van der Waals surface area contributed by atoms with Gasteiger partial charge in [-0.1, -0.05) is 0 Å². The zero-order valence-corrected chi connectivity index (χ0v) is 19.5. The number of hydrogen-bond acceptors (Lipinski definition) is 7. The molecule has 2 unspecified atom stereocenters. The maximum absolute atomic E-state index is 14.7. The molecule has 1 aromatic heterocycles. The molecule has 12 heteroatoms. The number of pyridine rings is 1. The fraction of sp³-hybridized carbons (Fsp3) is 0.391. The van der Waals surface area contributed by atoms with Crippen LogP contribution in [0.2, 0.25) is 0 Å². The first-order valence-corrected chi connectivity index (χ1v) is 11.5. The summed E-state index contributed by atoms with van der Waals surface area (Å²) in [5.74, 6) is -1.57. The zero-order valence-electron chi connectivity index (χ0n) is 18.7. The lowest BCUT2D eigenvalue weighted by Gasteiger charge is -2.49. The van der Waals surface area contributed by atoms with Crippen LogP contribution in [-0.2, 0) is 15.7 Å². The number of nitrogens with zero attached hydrogens (tertiary/aromatic N) is 4. The molecule has 4 rings (SSSR count). The Kier molecular flexibility index (Phi) is 6.40. The molecule has 7 nitrogen and oxygen atoms in total. The highest BCUT2D eigenvalue weighted by molar-refractivity contribution is 8.08. The summed E-state index contributed by atoms with van der Waals surface area (Å²) in [7, 11) is 1.15. The number of esters is 1. The maximum Gasteiger partial charge on any atom is 0.419 e. The van der Waals surface area contributed by atoms with Crippen molar-refractivity contribution in [2.24, 2.45) is 0 Å². The van der Waals surface area contributed by atoms with Crippen LogP contribution in [0.4, 0.5) is 28.9 Å². The molecule has 1 aliphatic heterocycles. The molecule has 1 aliphatic carbocycles. The first-order chi connectivity index (χ1) is 16.5. The number of ether oxygens (including phenoxy) is 1. The van der Waals surface area contributed by atoms with E-state index in [0.717, 1.165) is 43.5 Å². The number of alkyl halides is 3. The van der Waals surface area contributed by atoms with Crippen molar-refractivity contribution in [3.8, 4) is 6.07 Å². The maximum atomic E-state index is 14.7. The van der Waals surface area contributed by atoms with Crippen LogP contribution in [0.5, 0.6) is 0 Å². The van der Waals surface area contributed by atoms with Crippen molar-refractivity contribution in [3.05, 3.63) is 53.1 Å². The van der Waals surface area contributed by atoms with Crippen molar-refractivity contribution in [1.82, 2.24) is 4.98 Å². The quantitative estimate of drug-likeness (QED) is 0.232. The summed E-state index contributed by atoms with van der Waals surface area (Å²) in [6.45, 7) is 1.99. The number of nitriles is 1. The lowest BCUT2D eigenvalue weighted by Crippen LogP contribution is -2.54. The minimum absolute atomic E-state index is 0.0998. The highest BCUT2D eigenvalue weighted by atomic mass is 32.2. The summed E-state index contributed by atoms with van der Waals surface area (Å²) < 4.78 is 59.5. The highest BCUT2D eigenvalue weighted by Gasteiger charge is 2.54. The zero-order chi connectivity index (χ0) is 25.5. The predicted octanol–water partition coefficient (Wildman–Crippen LogP) is 4.71. The second kappa shape index (κ2) is 9.03. The normalized spacial score (nSPS) is 20.3. The van der Waals surface area contributed by atoms with Crippen molar-refractivity contribution < 1.29 is 31.9 Å². The Labute approximate surface area is 202 Å². The topological polar surface area (TPSA) is 86.5 Å². The van der Waals surface area contributed by atoms with Gasteiger partial charge in [0.25, 0.3) is 0 Å². The van der Waals surface area contributed by atoms with E-state index < -0.39 is 34.6 Å². The summed E-state index contributed by atoms with van der Waals surface area (Å²) >= 11 is 1.32. The molecule has 184 valence electrons. The fourth-order valence-corrected chi connectivity index (χ4v) is 5.53. The molecular weight excluding hydrogens is 488 g/mol. The molecule has 2 aromatic rings. The summed E-state index contributed by atoms with van der Waals surface area (Å²) in [5, 5.41) is 8.04. The summed E-state index contributed by atoms with van der Waals surface area (Å²) in [5.41, 5.74) is -2.20. The van der Waals surface area contributed by atoms with Gasteiger partial charge in [-0.3, -0.25) is 9.69 Å². The van der Waals surface area contributed by atoms with Gasteiger partial charge in [-0.2, -0.15) is 18.4 Å². The number of hydrogen-bond donors (Lipinski definition) is 0. The average molecular weight is 508 g/mol. The molecule has 0 spiro atoms. The lowest BCUT2D eigenvalue weighted by molar-refractivity contribution is -0.138. The van der Waals surface area contributed by atoms with Crippen LogP contribution in [0.1, 0.15) is 47.8 Å². The van der Waals surface area contributed by atoms with E-state index in [9.17, 15) is 27.2 Å². The Hall–Kier alpha value is -3.33. The van der Waals surface area contributed by atoms with Crippen molar-refractivity contribution in [2.75, 3.05) is 16.9 Å². The first kappa shape index (κ1) is 24.8. The second-order valence-electron chi connectivity index (χ2n) is 8.51. The van der Waals surface area contributed by atoms with Gasteiger partial charge < -0.3 is 9.64 Å². The fourth-order valence-electron chi connectivity index (χ4n) is 4.28. The van der Waals surface area contributed by atoms with Crippen LogP contribution < -0.4 is 9.80 Å². The van der Waals surface area contributed by atoms with Crippen molar-refractivity contribution in [3.63, 3.8) is 0 Å². The van der Waals surface area contributed by atoms with Crippen LogP contribution in [0.15, 0.2) is 30.5 Å². The van der Waals surface area contributed by atoms with Gasteiger partial charge in [0.2, 0.25) is 6.41 Å². The Bertz CT molecular complexity index is 1210. The van der Waals surface area contributed by atoms with Crippen molar-refractivity contribution in [2.45, 2.75) is 48.6 Å². The molecule has 2 fully saturated rings. The number of halogens is 4. The average Bonchev–Trinajstić information content (AvgIpc) is 3.57. The molecule has 0 radical (unpaired) electrons. The Morgan fingerprint density at radius 3 is 2.51 bits per heavy atom. The Morgan fingerprint density at radius 1 is 1.29 bits per heavy atom. The van der Waals surface area contributed by atoms with E-state index in [1.807, 2.05) is 11.8 Å². The molecule has 1 saturated heterocycles. The van der Waals surface area contributed by atoms with E-state index in [-0.39, 0.29) is 22.2 Å². The number of anilines is 2. The summed E-state index contributed by atoms with van der Waals surface area (Å²) in [6.07, 6.45) is -0.794. The van der Waals surface area contributed by atoms with Gasteiger partial charge in [0.1, 0.15) is 22.6 Å². The number of aromatic nitrogens is 1. The van der Waals surface area contributed by atoms with Crippen molar-refractivity contribution in [1.29, 1.82) is 5.26 Å². The largest absolute Gasteiger partial charge is 0.465 e. The predicted molar refractivity (Wildman–Crippen MR) is 120 cm³/mol. The third-order valence-corrected chi connectivity index (χ3v) is 7.52. The molecule has 35 heavy (non-hydrogen) atoms. The smallest absolute Gasteiger partial charge is 0.419 e. The van der Waals surface area contributed by atoms with Crippen molar-refractivity contribution >= 4 is 35.5 Å². The van der Waals surface area contributed by atoms with Crippen LogP contribution in [0, 0.1) is 17.1 Å². The minimum atomic E-state index is -4.82. The molecule has 0 N–H and O–H groups in total. The first-order valence-electron chi connectivity index (χ1n) is 10.6. The van der Waals surface area contributed by atoms with Crippen LogP contribution in [-0.4, -0.2) is 40.8 Å². The molecule has 2 heterocycles. The van der Waals surface area contributed by atoms with E-state index in [0.29, 0.717) is 12.1 Å². The van der Waals surface area contributed by atoms with E-state index in [1.165, 1.54) is 30.0 Å². The van der Waals surface area contributed by atoms with Gasteiger partial charge in [-0.15, -0.1) is 11.8 Å². The molecule has 2 aliphatic rings. The number of carbonyl (C=O) groups is 2. The van der Waals surface area contributed by atoms with Crippen LogP contribution in [0.25, 0.3) is 0 Å². The third-order valence-electron chi connectivity index (χ3n) is 6.32. The molecule has 0 bridgehead atoms. The summed E-state index contributed by atoms with van der Waals surface area (Å²) in [6, 6.07) is 6.29. The van der Waals surface area contributed by atoms with Gasteiger partial charge in [0, 0.05) is 11.2 Å². The van der Waals surface area contributed by atoms with E-state index in [4.69, 9.17) is 5.26 Å². The number of thioether (sulfide) groups is 1. The van der Waals surface area contributed by atoms with E-state index >= 15 is 0 Å². The number of benzene rings is 1. The Morgan fingerprint density at radius 2 is 2.00 bits per heavy atom. The SMILES string of the molecule is COC(=O)c1ccc(N(C2SC2N(C=O)c2cnc(C#N)c(C(F)(F)F)c2)C2(C)CCC2)cc1F. The van der Waals surface area contributed by atoms with Gasteiger partial charge in [-0.25, -0.2) is 14.2 Å². The number of amides is 1. The molecule has 1 aromatic carbocycles. The molecule has 1 amide bonds. The lowest BCUT2D eigenvalue weighted by atomic mass is 9.76. The minimum Gasteiger partial charge on any atom is -0.465 e. The second-order valence-corrected chi connectivity index (χ2v) is 9.74. The highest BCUT2D eigenvalue weighted by Crippen LogP contribution is 2.54. The number of rotatable bonds is 7. The third kappa shape index (κ3) is 4.52. The Balaban J connectivity index is 1.67.